The van der Waals surface area contributed by atoms with E-state index in [1.54, 1.807) is 6.19 Å². The quantitative estimate of drug-likeness (QED) is 0.227. The predicted octanol–water partition coefficient (Wildman–Crippen LogP) is 3.00. The number of hydrogen-bond donors (Lipinski definition) is 2. The van der Waals surface area contributed by atoms with E-state index < -0.39 is 29.2 Å². The van der Waals surface area contributed by atoms with E-state index in [1.165, 1.54) is 0 Å². The normalized spacial score (nSPS) is 11.0. The second-order valence-corrected chi connectivity index (χ2v) is 4.30. The Morgan fingerprint density at radius 3 is 1.91 bits per heavy atom. The van der Waals surface area contributed by atoms with Crippen LogP contribution in [0.4, 0.5) is 28.9 Å². The molecule has 0 aliphatic carbocycles. The Hall–Kier alpha value is -3.28. The second kappa shape index (κ2) is 6.65. The molecule has 0 aliphatic rings. The molecule has 0 saturated heterocycles. The van der Waals surface area contributed by atoms with Crippen molar-refractivity contribution in [3.8, 4) is 6.19 Å². The molecule has 2 aromatic rings. The van der Waals surface area contributed by atoms with Crippen molar-refractivity contribution in [1.82, 2.24) is 5.01 Å². The Morgan fingerprint density at radius 1 is 0.957 bits per heavy atom. The summed E-state index contributed by atoms with van der Waals surface area (Å²) in [7, 11) is 0. The first-order valence-corrected chi connectivity index (χ1v) is 6.10. The molecular formula is C14H9F4N5. The number of hydrazine groups is 1. The number of anilines is 1. The van der Waals surface area contributed by atoms with E-state index in [0.29, 0.717) is 17.1 Å². The number of nitrogens with one attached hydrogen (secondary N) is 1. The molecule has 0 amide bonds. The molecule has 0 atom stereocenters. The summed E-state index contributed by atoms with van der Waals surface area (Å²) in [5.74, 6) is -3.97. The van der Waals surface area contributed by atoms with Crippen molar-refractivity contribution >= 4 is 17.3 Å². The number of benzene rings is 2. The molecule has 0 unspecified atom stereocenters. The third kappa shape index (κ3) is 4.34. The molecule has 2 aromatic carbocycles. The third-order valence-corrected chi connectivity index (χ3v) is 2.52. The first-order chi connectivity index (χ1) is 10.9. The molecule has 2 rings (SSSR count). The Labute approximate surface area is 128 Å². The molecular weight excluding hydrogens is 314 g/mol. The minimum atomic E-state index is -0.875. The maximum Gasteiger partial charge on any atom is 0.230 e. The van der Waals surface area contributed by atoms with Crippen LogP contribution in [0.3, 0.4) is 0 Å². The van der Waals surface area contributed by atoms with Gasteiger partial charge in [0.25, 0.3) is 0 Å². The van der Waals surface area contributed by atoms with Crippen molar-refractivity contribution in [1.29, 1.82) is 5.26 Å². The highest BCUT2D eigenvalue weighted by Crippen LogP contribution is 2.17. The highest BCUT2D eigenvalue weighted by molar-refractivity contribution is 5.83. The number of halogens is 4. The van der Waals surface area contributed by atoms with Gasteiger partial charge in [-0.3, -0.25) is 5.43 Å². The van der Waals surface area contributed by atoms with Gasteiger partial charge in [0.2, 0.25) is 12.2 Å². The molecule has 23 heavy (non-hydrogen) atoms. The molecule has 5 nitrogen and oxygen atoms in total. The summed E-state index contributed by atoms with van der Waals surface area (Å²) < 4.78 is 52.3. The van der Waals surface area contributed by atoms with Gasteiger partial charge in [0.15, 0.2) is 0 Å². The standard InChI is InChI=1S/C14H9F4N5/c15-8-1-9(16)4-12(3-8)21-14(20)23(7-19)22-13-5-10(17)2-11(18)6-13/h1-6,22H,(H2,20,21). The number of nitrogens with two attached hydrogens (primary N) is 1. The van der Waals surface area contributed by atoms with Gasteiger partial charge in [0, 0.05) is 12.1 Å². The second-order valence-electron chi connectivity index (χ2n) is 4.30. The van der Waals surface area contributed by atoms with E-state index in [0.717, 1.165) is 24.3 Å². The summed E-state index contributed by atoms with van der Waals surface area (Å²) in [4.78, 5) is 3.66. The van der Waals surface area contributed by atoms with E-state index in [1.807, 2.05) is 0 Å². The molecule has 0 aromatic heterocycles. The summed E-state index contributed by atoms with van der Waals surface area (Å²) in [5, 5.41) is 9.58. The van der Waals surface area contributed by atoms with Crippen molar-refractivity contribution in [3.05, 3.63) is 59.7 Å². The highest BCUT2D eigenvalue weighted by Gasteiger charge is 2.10. The number of aliphatic imine (C=N–C) groups is 1. The van der Waals surface area contributed by atoms with E-state index >= 15 is 0 Å². The zero-order valence-electron chi connectivity index (χ0n) is 11.4. The minimum absolute atomic E-state index is 0.104. The lowest BCUT2D eigenvalue weighted by atomic mass is 10.3. The minimum Gasteiger partial charge on any atom is -0.367 e. The van der Waals surface area contributed by atoms with Crippen LogP contribution in [0.2, 0.25) is 0 Å². The lowest BCUT2D eigenvalue weighted by molar-refractivity contribution is 0.580. The predicted molar refractivity (Wildman–Crippen MR) is 75.1 cm³/mol. The number of nitrogens with zero attached hydrogens (tertiary/aromatic N) is 3. The lowest BCUT2D eigenvalue weighted by Crippen LogP contribution is -2.37. The van der Waals surface area contributed by atoms with Gasteiger partial charge >= 0.3 is 0 Å². The number of rotatable bonds is 3. The largest absolute Gasteiger partial charge is 0.367 e. The third-order valence-electron chi connectivity index (χ3n) is 2.52. The van der Waals surface area contributed by atoms with Gasteiger partial charge in [-0.15, -0.1) is 0 Å². The molecule has 0 radical (unpaired) electrons. The summed E-state index contributed by atoms with van der Waals surface area (Å²) >= 11 is 0. The molecule has 0 heterocycles. The summed E-state index contributed by atoms with van der Waals surface area (Å²) in [6, 6.07) is 4.92. The number of hydrogen-bond acceptors (Lipinski definition) is 3. The van der Waals surface area contributed by atoms with Crippen LogP contribution in [0.1, 0.15) is 0 Å². The summed E-state index contributed by atoms with van der Waals surface area (Å²) in [5.41, 5.74) is 7.57. The average molecular weight is 323 g/mol. The first kappa shape index (κ1) is 16.1. The molecule has 3 N–H and O–H groups in total. The Morgan fingerprint density at radius 2 is 1.43 bits per heavy atom. The van der Waals surface area contributed by atoms with Crippen LogP contribution >= 0.6 is 0 Å². The molecule has 0 saturated carbocycles. The zero-order valence-corrected chi connectivity index (χ0v) is 11.4. The fraction of sp³-hybridized carbons (Fsp3) is 0. The average Bonchev–Trinajstić information content (AvgIpc) is 2.42. The van der Waals surface area contributed by atoms with Gasteiger partial charge in [-0.1, -0.05) is 0 Å². The van der Waals surface area contributed by atoms with Crippen LogP contribution in [-0.4, -0.2) is 11.0 Å². The Kier molecular flexibility index (Phi) is 4.66. The first-order valence-electron chi connectivity index (χ1n) is 6.10. The van der Waals surface area contributed by atoms with Crippen LogP contribution in [0, 0.1) is 34.7 Å². The van der Waals surface area contributed by atoms with Crippen molar-refractivity contribution < 1.29 is 17.6 Å². The van der Waals surface area contributed by atoms with Gasteiger partial charge < -0.3 is 5.73 Å². The van der Waals surface area contributed by atoms with Gasteiger partial charge in [0.05, 0.1) is 11.4 Å². The molecule has 0 bridgehead atoms. The van der Waals surface area contributed by atoms with Gasteiger partial charge in [0.1, 0.15) is 23.3 Å². The van der Waals surface area contributed by atoms with Gasteiger partial charge in [-0.2, -0.15) is 10.3 Å². The smallest absolute Gasteiger partial charge is 0.230 e. The van der Waals surface area contributed by atoms with Crippen molar-refractivity contribution in [2.45, 2.75) is 0 Å². The van der Waals surface area contributed by atoms with Crippen LogP contribution < -0.4 is 11.2 Å². The Balaban J connectivity index is 2.25. The summed E-state index contributed by atoms with van der Waals surface area (Å²) in [6.45, 7) is 0. The SMILES string of the molecule is N#CN(Nc1cc(F)cc(F)c1)C(N)=Nc1cc(F)cc(F)c1. The van der Waals surface area contributed by atoms with Crippen molar-refractivity contribution in [3.63, 3.8) is 0 Å². The van der Waals surface area contributed by atoms with Crippen molar-refractivity contribution in [2.75, 3.05) is 5.43 Å². The van der Waals surface area contributed by atoms with Crippen LogP contribution in [-0.2, 0) is 0 Å². The van der Waals surface area contributed by atoms with E-state index in [4.69, 9.17) is 11.0 Å². The van der Waals surface area contributed by atoms with Crippen LogP contribution in [0.15, 0.2) is 41.4 Å². The maximum atomic E-state index is 13.1. The topological polar surface area (TPSA) is 77.4 Å². The van der Waals surface area contributed by atoms with E-state index in [-0.39, 0.29) is 11.4 Å². The van der Waals surface area contributed by atoms with E-state index in [9.17, 15) is 17.6 Å². The highest BCUT2D eigenvalue weighted by atomic mass is 19.1. The monoisotopic (exact) mass is 323 g/mol. The van der Waals surface area contributed by atoms with Crippen LogP contribution in [0.25, 0.3) is 0 Å². The van der Waals surface area contributed by atoms with Gasteiger partial charge in [-0.25, -0.2) is 22.6 Å². The molecule has 0 fully saturated rings. The number of nitriles is 1. The van der Waals surface area contributed by atoms with E-state index in [2.05, 4.69) is 10.4 Å². The fourth-order valence-corrected chi connectivity index (χ4v) is 1.67. The molecule has 0 spiro atoms. The van der Waals surface area contributed by atoms with Crippen LogP contribution in [0.5, 0.6) is 0 Å². The van der Waals surface area contributed by atoms with Gasteiger partial charge in [-0.05, 0) is 24.3 Å². The Bertz CT molecular complexity index is 760. The fourth-order valence-electron chi connectivity index (χ4n) is 1.67. The molecule has 9 heteroatoms. The van der Waals surface area contributed by atoms with Crippen molar-refractivity contribution in [2.24, 2.45) is 10.7 Å². The molecule has 118 valence electrons. The number of guanidine groups is 1. The summed E-state index contributed by atoms with van der Waals surface area (Å²) in [6.07, 6.45) is 1.57. The maximum absolute atomic E-state index is 13.1. The lowest BCUT2D eigenvalue weighted by Gasteiger charge is -2.16. The molecule has 0 aliphatic heterocycles. The zero-order chi connectivity index (χ0) is 17.0.